The van der Waals surface area contributed by atoms with Crippen LogP contribution < -0.4 is 5.32 Å². The topological polar surface area (TPSA) is 56.1 Å². The van der Waals surface area contributed by atoms with Gasteiger partial charge >= 0.3 is 5.97 Å². The van der Waals surface area contributed by atoms with E-state index < -0.39 is 0 Å². The molecule has 0 bridgehead atoms. The Labute approximate surface area is 102 Å². The Morgan fingerprint density at radius 1 is 1.53 bits per heavy atom. The summed E-state index contributed by atoms with van der Waals surface area (Å²) >= 11 is 0. The maximum atomic E-state index is 11.1. The predicted octanol–water partition coefficient (Wildman–Crippen LogP) is 1.08. The average Bonchev–Trinajstić information content (AvgIpc) is 2.51. The van der Waals surface area contributed by atoms with Gasteiger partial charge in [0.25, 0.3) is 0 Å². The zero-order chi connectivity index (χ0) is 13.0. The minimum atomic E-state index is -0.190. The molecule has 0 aromatic carbocycles. The van der Waals surface area contributed by atoms with Crippen LogP contribution in [0, 0.1) is 13.8 Å². The van der Waals surface area contributed by atoms with Crippen LogP contribution in [0.15, 0.2) is 0 Å². The van der Waals surface area contributed by atoms with E-state index in [9.17, 15) is 4.79 Å². The van der Waals surface area contributed by atoms with Gasteiger partial charge in [0.1, 0.15) is 0 Å². The van der Waals surface area contributed by atoms with Gasteiger partial charge in [0.2, 0.25) is 0 Å². The van der Waals surface area contributed by atoms with E-state index in [1.165, 1.54) is 12.7 Å². The fourth-order valence-electron chi connectivity index (χ4n) is 1.76. The van der Waals surface area contributed by atoms with E-state index in [-0.39, 0.29) is 12.0 Å². The summed E-state index contributed by atoms with van der Waals surface area (Å²) in [7, 11) is 3.34. The molecule has 1 heterocycles. The van der Waals surface area contributed by atoms with Gasteiger partial charge in [-0.15, -0.1) is 0 Å². The number of aromatic nitrogens is 2. The third-order valence-corrected chi connectivity index (χ3v) is 2.99. The first-order chi connectivity index (χ1) is 7.95. The van der Waals surface area contributed by atoms with Crippen LogP contribution in [-0.4, -0.2) is 28.9 Å². The van der Waals surface area contributed by atoms with Crippen LogP contribution in [0.1, 0.15) is 30.3 Å². The predicted molar refractivity (Wildman–Crippen MR) is 65.6 cm³/mol. The second-order valence-corrected chi connectivity index (χ2v) is 4.34. The molecule has 0 spiro atoms. The molecule has 17 heavy (non-hydrogen) atoms. The third-order valence-electron chi connectivity index (χ3n) is 2.99. The van der Waals surface area contributed by atoms with Crippen molar-refractivity contribution in [2.75, 3.05) is 7.11 Å². The highest BCUT2D eigenvalue weighted by atomic mass is 16.5. The van der Waals surface area contributed by atoms with Crippen molar-refractivity contribution in [3.63, 3.8) is 0 Å². The molecular formula is C12H21N3O2. The van der Waals surface area contributed by atoms with Crippen molar-refractivity contribution in [1.82, 2.24) is 15.1 Å². The van der Waals surface area contributed by atoms with Gasteiger partial charge in [-0.2, -0.15) is 5.10 Å². The molecule has 1 aromatic heterocycles. The number of rotatable bonds is 5. The first kappa shape index (κ1) is 13.7. The van der Waals surface area contributed by atoms with E-state index in [0.29, 0.717) is 6.42 Å². The van der Waals surface area contributed by atoms with Crippen LogP contribution in [0.2, 0.25) is 0 Å². The summed E-state index contributed by atoms with van der Waals surface area (Å²) in [6.45, 7) is 6.73. The van der Waals surface area contributed by atoms with E-state index in [4.69, 9.17) is 0 Å². The van der Waals surface area contributed by atoms with Crippen molar-refractivity contribution in [2.24, 2.45) is 7.05 Å². The molecule has 0 saturated carbocycles. The molecule has 0 aliphatic heterocycles. The molecule has 0 radical (unpaired) electrons. The maximum Gasteiger partial charge on any atom is 0.307 e. The zero-order valence-electron chi connectivity index (χ0n) is 11.2. The van der Waals surface area contributed by atoms with Gasteiger partial charge in [-0.25, -0.2) is 0 Å². The summed E-state index contributed by atoms with van der Waals surface area (Å²) in [5, 5.41) is 7.66. The lowest BCUT2D eigenvalue weighted by Crippen LogP contribution is -2.28. The maximum absolute atomic E-state index is 11.1. The number of hydrogen-bond acceptors (Lipinski definition) is 4. The molecule has 5 heteroatoms. The van der Waals surface area contributed by atoms with Crippen LogP contribution in [0.4, 0.5) is 0 Å². The lowest BCUT2D eigenvalue weighted by molar-refractivity contribution is -0.141. The molecule has 1 aromatic rings. The Bertz CT molecular complexity index is 399. The number of carbonyl (C=O) groups is 1. The SMILES string of the molecule is COC(=O)CC(C)NCc1c(C)nn(C)c1C. The van der Waals surface area contributed by atoms with Gasteiger partial charge in [-0.05, 0) is 20.8 Å². The normalized spacial score (nSPS) is 12.5. The molecule has 5 nitrogen and oxygen atoms in total. The minimum Gasteiger partial charge on any atom is -0.469 e. The zero-order valence-corrected chi connectivity index (χ0v) is 11.2. The molecule has 1 rings (SSSR count). The fourth-order valence-corrected chi connectivity index (χ4v) is 1.76. The van der Waals surface area contributed by atoms with Crippen molar-refractivity contribution < 1.29 is 9.53 Å². The lowest BCUT2D eigenvalue weighted by Gasteiger charge is -2.12. The van der Waals surface area contributed by atoms with Gasteiger partial charge in [0, 0.05) is 30.9 Å². The highest BCUT2D eigenvalue weighted by Gasteiger charge is 2.12. The van der Waals surface area contributed by atoms with E-state index >= 15 is 0 Å². The largest absolute Gasteiger partial charge is 0.469 e. The summed E-state index contributed by atoms with van der Waals surface area (Å²) in [5.41, 5.74) is 3.38. The lowest BCUT2D eigenvalue weighted by atomic mass is 10.1. The Balaban J connectivity index is 2.53. The second-order valence-electron chi connectivity index (χ2n) is 4.34. The van der Waals surface area contributed by atoms with Crippen molar-refractivity contribution in [3.05, 3.63) is 17.0 Å². The van der Waals surface area contributed by atoms with Crippen molar-refractivity contribution >= 4 is 5.97 Å². The quantitative estimate of drug-likeness (QED) is 0.781. The molecule has 0 fully saturated rings. The third kappa shape index (κ3) is 3.56. The van der Waals surface area contributed by atoms with E-state index in [1.54, 1.807) is 0 Å². The molecule has 1 N–H and O–H groups in total. The first-order valence-corrected chi connectivity index (χ1v) is 5.75. The summed E-state index contributed by atoms with van der Waals surface area (Å²) in [6.07, 6.45) is 0.384. The van der Waals surface area contributed by atoms with Gasteiger partial charge < -0.3 is 10.1 Å². The number of nitrogens with zero attached hydrogens (tertiary/aromatic N) is 2. The molecule has 0 aliphatic rings. The van der Waals surface area contributed by atoms with Crippen LogP contribution in [0.25, 0.3) is 0 Å². The van der Waals surface area contributed by atoms with Gasteiger partial charge in [-0.3, -0.25) is 9.48 Å². The van der Waals surface area contributed by atoms with E-state index in [0.717, 1.165) is 17.9 Å². The van der Waals surface area contributed by atoms with Gasteiger partial charge in [-0.1, -0.05) is 0 Å². The number of hydrogen-bond donors (Lipinski definition) is 1. The summed E-state index contributed by atoms with van der Waals surface area (Å²) in [4.78, 5) is 11.1. The van der Waals surface area contributed by atoms with Gasteiger partial charge in [0.15, 0.2) is 0 Å². The highest BCUT2D eigenvalue weighted by molar-refractivity contribution is 5.69. The first-order valence-electron chi connectivity index (χ1n) is 5.75. The van der Waals surface area contributed by atoms with Crippen molar-refractivity contribution in [3.8, 4) is 0 Å². The molecule has 0 aliphatic carbocycles. The molecule has 0 amide bonds. The Morgan fingerprint density at radius 2 is 2.18 bits per heavy atom. The average molecular weight is 239 g/mol. The Kier molecular flexibility index (Phi) is 4.69. The number of methoxy groups -OCH3 is 1. The van der Waals surface area contributed by atoms with E-state index in [1.807, 2.05) is 32.5 Å². The molecule has 1 atom stereocenters. The highest BCUT2D eigenvalue weighted by Crippen LogP contribution is 2.11. The van der Waals surface area contributed by atoms with Crippen LogP contribution in [-0.2, 0) is 23.1 Å². The van der Waals surface area contributed by atoms with Crippen LogP contribution in [0.3, 0.4) is 0 Å². The summed E-state index contributed by atoms with van der Waals surface area (Å²) in [6, 6.07) is 0.0986. The van der Waals surface area contributed by atoms with Gasteiger partial charge in [0.05, 0.1) is 19.2 Å². The van der Waals surface area contributed by atoms with Crippen molar-refractivity contribution in [2.45, 2.75) is 39.8 Å². The molecule has 1 unspecified atom stereocenters. The fraction of sp³-hybridized carbons (Fsp3) is 0.667. The summed E-state index contributed by atoms with van der Waals surface area (Å²) < 4.78 is 6.50. The second kappa shape index (κ2) is 5.82. The standard InChI is InChI=1S/C12H21N3O2/c1-8(6-12(16)17-5)13-7-11-9(2)14-15(4)10(11)3/h8,13H,6-7H2,1-5H3. The van der Waals surface area contributed by atoms with E-state index in [2.05, 4.69) is 15.2 Å². The smallest absolute Gasteiger partial charge is 0.307 e. The number of carbonyl (C=O) groups excluding carboxylic acids is 1. The monoisotopic (exact) mass is 239 g/mol. The number of esters is 1. The van der Waals surface area contributed by atoms with Crippen LogP contribution in [0.5, 0.6) is 0 Å². The number of aryl methyl sites for hydroxylation is 2. The Morgan fingerprint density at radius 3 is 2.65 bits per heavy atom. The van der Waals surface area contributed by atoms with Crippen LogP contribution >= 0.6 is 0 Å². The summed E-state index contributed by atoms with van der Waals surface area (Å²) in [5.74, 6) is -0.190. The van der Waals surface area contributed by atoms with Crippen molar-refractivity contribution in [1.29, 1.82) is 0 Å². The molecular weight excluding hydrogens is 218 g/mol. The minimum absolute atomic E-state index is 0.0986. The molecule has 0 saturated heterocycles. The number of nitrogens with one attached hydrogen (secondary N) is 1. The number of ether oxygens (including phenoxy) is 1. The molecule has 96 valence electrons. The Hall–Kier alpha value is -1.36.